The molecule has 0 bridgehead atoms. The molecular weight excluding hydrogens is 186 g/mol. The minimum absolute atomic E-state index is 0.163. The molecule has 0 aliphatic heterocycles. The second-order valence-corrected chi connectivity index (χ2v) is 4.30. The van der Waals surface area contributed by atoms with Crippen molar-refractivity contribution in [1.29, 1.82) is 0 Å². The van der Waals surface area contributed by atoms with Crippen LogP contribution >= 0.6 is 0 Å². The summed E-state index contributed by atoms with van der Waals surface area (Å²) in [6.07, 6.45) is 8.24. The molecule has 0 saturated carbocycles. The van der Waals surface area contributed by atoms with Crippen LogP contribution in [0.15, 0.2) is 6.20 Å². The second-order valence-electron chi connectivity index (χ2n) is 4.30. The summed E-state index contributed by atoms with van der Waals surface area (Å²) in [5.74, 6) is 0. The number of nitrogens with two attached hydrogens (primary N) is 1. The van der Waals surface area contributed by atoms with Crippen molar-refractivity contribution in [3.63, 3.8) is 0 Å². The maximum absolute atomic E-state index is 6.14. The van der Waals surface area contributed by atoms with E-state index in [1.807, 2.05) is 24.9 Å². The van der Waals surface area contributed by atoms with E-state index >= 15 is 0 Å². The van der Waals surface area contributed by atoms with Crippen LogP contribution in [0, 0.1) is 6.92 Å². The number of rotatable bonds is 6. The van der Waals surface area contributed by atoms with Gasteiger partial charge in [0.25, 0.3) is 0 Å². The molecule has 0 saturated heterocycles. The van der Waals surface area contributed by atoms with Gasteiger partial charge < -0.3 is 5.73 Å². The van der Waals surface area contributed by atoms with E-state index in [4.69, 9.17) is 5.73 Å². The maximum atomic E-state index is 6.14. The fourth-order valence-electron chi connectivity index (χ4n) is 1.93. The zero-order valence-electron chi connectivity index (χ0n) is 10.2. The Morgan fingerprint density at radius 3 is 2.67 bits per heavy atom. The maximum Gasteiger partial charge on any atom is 0.0641 e. The van der Waals surface area contributed by atoms with Gasteiger partial charge in [-0.3, -0.25) is 4.68 Å². The van der Waals surface area contributed by atoms with Crippen LogP contribution in [0.4, 0.5) is 0 Å². The van der Waals surface area contributed by atoms with Gasteiger partial charge in [0.05, 0.1) is 5.69 Å². The molecule has 2 N–H and O–H groups in total. The largest absolute Gasteiger partial charge is 0.324 e. The Bertz CT molecular complexity index is 291. The van der Waals surface area contributed by atoms with Crippen molar-refractivity contribution in [3.05, 3.63) is 17.5 Å². The Hall–Kier alpha value is -0.830. The molecule has 3 heteroatoms. The molecule has 0 aliphatic carbocycles. The Kier molecular flexibility index (Phi) is 4.82. The van der Waals surface area contributed by atoms with E-state index in [9.17, 15) is 0 Å². The summed E-state index contributed by atoms with van der Waals surface area (Å²) in [6.45, 7) is 4.26. The highest BCUT2D eigenvalue weighted by atomic mass is 15.2. The van der Waals surface area contributed by atoms with E-state index in [1.165, 1.54) is 31.2 Å². The van der Waals surface area contributed by atoms with Gasteiger partial charge in [0.2, 0.25) is 0 Å². The molecule has 1 rings (SSSR count). The molecule has 0 fully saturated rings. The topological polar surface area (TPSA) is 43.8 Å². The molecule has 15 heavy (non-hydrogen) atoms. The Morgan fingerprint density at radius 1 is 1.40 bits per heavy atom. The van der Waals surface area contributed by atoms with Gasteiger partial charge in [-0.15, -0.1) is 0 Å². The second kappa shape index (κ2) is 5.91. The lowest BCUT2D eigenvalue weighted by molar-refractivity contribution is 0.564. The molecule has 1 heterocycles. The molecule has 1 unspecified atom stereocenters. The van der Waals surface area contributed by atoms with Gasteiger partial charge in [0.15, 0.2) is 0 Å². The first-order chi connectivity index (χ1) is 7.15. The highest BCUT2D eigenvalue weighted by molar-refractivity contribution is 5.19. The molecule has 0 radical (unpaired) electrons. The van der Waals surface area contributed by atoms with E-state index in [0.717, 1.165) is 12.1 Å². The minimum Gasteiger partial charge on any atom is -0.324 e. The average Bonchev–Trinajstić information content (AvgIpc) is 2.52. The first-order valence-electron chi connectivity index (χ1n) is 5.91. The van der Waals surface area contributed by atoms with Crippen LogP contribution in [0.5, 0.6) is 0 Å². The number of unbranched alkanes of at least 4 members (excludes halogenated alkanes) is 3. The van der Waals surface area contributed by atoms with Gasteiger partial charge in [-0.1, -0.05) is 32.6 Å². The van der Waals surface area contributed by atoms with Crippen molar-refractivity contribution in [1.82, 2.24) is 9.78 Å². The van der Waals surface area contributed by atoms with Gasteiger partial charge in [-0.25, -0.2) is 0 Å². The predicted molar refractivity (Wildman–Crippen MR) is 63.6 cm³/mol. The molecule has 0 aliphatic rings. The van der Waals surface area contributed by atoms with E-state index < -0.39 is 0 Å². The lowest BCUT2D eigenvalue weighted by Crippen LogP contribution is -2.10. The molecule has 0 amide bonds. The predicted octanol–water partition coefficient (Wildman–Crippen LogP) is 2.70. The molecule has 0 aromatic carbocycles. The molecule has 1 aromatic rings. The SMILES string of the molecule is CCCCCCC(N)c1cn(C)nc1C. The van der Waals surface area contributed by atoms with Crippen LogP contribution in [0.2, 0.25) is 0 Å². The minimum atomic E-state index is 0.163. The summed E-state index contributed by atoms with van der Waals surface area (Å²) in [4.78, 5) is 0. The van der Waals surface area contributed by atoms with Crippen LogP contribution in [-0.2, 0) is 7.05 Å². The van der Waals surface area contributed by atoms with E-state index in [2.05, 4.69) is 12.0 Å². The fourth-order valence-corrected chi connectivity index (χ4v) is 1.93. The van der Waals surface area contributed by atoms with Crippen LogP contribution in [0.3, 0.4) is 0 Å². The first kappa shape index (κ1) is 12.2. The number of aromatic nitrogens is 2. The molecule has 1 atom stereocenters. The van der Waals surface area contributed by atoms with Gasteiger partial charge in [-0.2, -0.15) is 5.10 Å². The molecule has 1 aromatic heterocycles. The summed E-state index contributed by atoms with van der Waals surface area (Å²) in [5.41, 5.74) is 8.41. The fraction of sp³-hybridized carbons (Fsp3) is 0.750. The zero-order chi connectivity index (χ0) is 11.3. The van der Waals surface area contributed by atoms with E-state index in [-0.39, 0.29) is 6.04 Å². The lowest BCUT2D eigenvalue weighted by atomic mass is 10.0. The molecular formula is C12H23N3. The van der Waals surface area contributed by atoms with Crippen molar-refractivity contribution >= 4 is 0 Å². The van der Waals surface area contributed by atoms with Crippen LogP contribution in [0.25, 0.3) is 0 Å². The smallest absolute Gasteiger partial charge is 0.0641 e. The van der Waals surface area contributed by atoms with Gasteiger partial charge in [-0.05, 0) is 13.3 Å². The summed E-state index contributed by atoms with van der Waals surface area (Å²) < 4.78 is 1.84. The van der Waals surface area contributed by atoms with Crippen LogP contribution in [-0.4, -0.2) is 9.78 Å². The van der Waals surface area contributed by atoms with Crippen molar-refractivity contribution in [2.24, 2.45) is 12.8 Å². The third kappa shape index (κ3) is 3.67. The Labute approximate surface area is 92.7 Å². The Morgan fingerprint density at radius 2 is 2.13 bits per heavy atom. The van der Waals surface area contributed by atoms with Gasteiger partial charge >= 0.3 is 0 Å². The number of hydrogen-bond donors (Lipinski definition) is 1. The van der Waals surface area contributed by atoms with Crippen molar-refractivity contribution < 1.29 is 0 Å². The van der Waals surface area contributed by atoms with Crippen LogP contribution in [0.1, 0.15) is 56.3 Å². The highest BCUT2D eigenvalue weighted by Crippen LogP contribution is 2.19. The monoisotopic (exact) mass is 209 g/mol. The number of aryl methyl sites for hydroxylation is 2. The molecule has 0 spiro atoms. The third-order valence-electron chi connectivity index (χ3n) is 2.82. The van der Waals surface area contributed by atoms with Crippen LogP contribution < -0.4 is 5.73 Å². The molecule has 3 nitrogen and oxygen atoms in total. The standard InChI is InChI=1S/C12H23N3/c1-4-5-6-7-8-12(13)11-9-15(3)14-10(11)2/h9,12H,4-8,13H2,1-3H3. The normalized spacial score (nSPS) is 13.1. The number of hydrogen-bond acceptors (Lipinski definition) is 2. The lowest BCUT2D eigenvalue weighted by Gasteiger charge is -2.09. The van der Waals surface area contributed by atoms with Gasteiger partial charge in [0.1, 0.15) is 0 Å². The number of nitrogens with zero attached hydrogens (tertiary/aromatic N) is 2. The quantitative estimate of drug-likeness (QED) is 0.732. The highest BCUT2D eigenvalue weighted by Gasteiger charge is 2.11. The molecule has 86 valence electrons. The van der Waals surface area contributed by atoms with Crippen molar-refractivity contribution in [2.45, 2.75) is 52.0 Å². The van der Waals surface area contributed by atoms with E-state index in [1.54, 1.807) is 0 Å². The first-order valence-corrected chi connectivity index (χ1v) is 5.91. The third-order valence-corrected chi connectivity index (χ3v) is 2.82. The summed E-state index contributed by atoms with van der Waals surface area (Å²) >= 11 is 0. The summed E-state index contributed by atoms with van der Waals surface area (Å²) in [6, 6.07) is 0.163. The summed E-state index contributed by atoms with van der Waals surface area (Å²) in [7, 11) is 1.94. The van der Waals surface area contributed by atoms with Crippen molar-refractivity contribution in [3.8, 4) is 0 Å². The van der Waals surface area contributed by atoms with Crippen molar-refractivity contribution in [2.75, 3.05) is 0 Å². The van der Waals surface area contributed by atoms with Gasteiger partial charge in [0, 0.05) is 24.8 Å². The Balaban J connectivity index is 2.39. The zero-order valence-corrected chi connectivity index (χ0v) is 10.2. The van der Waals surface area contributed by atoms with E-state index in [0.29, 0.717) is 0 Å². The average molecular weight is 209 g/mol. The summed E-state index contributed by atoms with van der Waals surface area (Å²) in [5, 5.41) is 4.31.